The normalized spacial score (nSPS) is 20.0. The van der Waals surface area contributed by atoms with Crippen molar-refractivity contribution in [3.63, 3.8) is 0 Å². The van der Waals surface area contributed by atoms with Crippen LogP contribution in [0, 0.1) is 0 Å². The summed E-state index contributed by atoms with van der Waals surface area (Å²) in [6, 6.07) is 9.53. The van der Waals surface area contributed by atoms with Crippen LogP contribution in [0.5, 0.6) is 0 Å². The van der Waals surface area contributed by atoms with Gasteiger partial charge in [0.1, 0.15) is 5.82 Å². The van der Waals surface area contributed by atoms with Crippen molar-refractivity contribution >= 4 is 32.6 Å². The minimum Gasteiger partial charge on any atom is -0.393 e. The van der Waals surface area contributed by atoms with Gasteiger partial charge in [-0.05, 0) is 49.9 Å². The Morgan fingerprint density at radius 2 is 1.93 bits per heavy atom. The smallest absolute Gasteiger partial charge is 0.232 e. The third kappa shape index (κ3) is 4.06. The Morgan fingerprint density at radius 3 is 2.66 bits per heavy atom. The molecule has 0 bridgehead atoms. The van der Waals surface area contributed by atoms with Crippen LogP contribution in [0.2, 0.25) is 0 Å². The van der Waals surface area contributed by atoms with E-state index in [0.717, 1.165) is 36.6 Å². The molecule has 2 N–H and O–H groups in total. The van der Waals surface area contributed by atoms with Crippen LogP contribution >= 0.6 is 0 Å². The largest absolute Gasteiger partial charge is 0.393 e. The molecule has 0 spiro atoms. The summed E-state index contributed by atoms with van der Waals surface area (Å²) in [7, 11) is -1.81. The number of hydrogen-bond acceptors (Lipinski definition) is 6. The standard InChI is InChI=1S/C20H25N5O3S/c1-24(29(2,27)28)17-4-3-5-18-16(17)11-13-25(18)19-10-12-21-20(23-19)22-14-6-8-15(26)9-7-14/h3-5,10-15,26H,6-9H2,1-2H3,(H,21,22,23)/t14-,15-. The van der Waals surface area contributed by atoms with Gasteiger partial charge in [-0.2, -0.15) is 4.98 Å². The van der Waals surface area contributed by atoms with Crippen molar-refractivity contribution in [2.45, 2.75) is 37.8 Å². The third-order valence-electron chi connectivity index (χ3n) is 5.46. The van der Waals surface area contributed by atoms with Crippen molar-refractivity contribution < 1.29 is 13.5 Å². The van der Waals surface area contributed by atoms with Gasteiger partial charge in [-0.3, -0.25) is 4.31 Å². The molecule has 9 heteroatoms. The third-order valence-corrected chi connectivity index (χ3v) is 6.66. The van der Waals surface area contributed by atoms with Gasteiger partial charge in [0.2, 0.25) is 16.0 Å². The first-order valence-electron chi connectivity index (χ1n) is 9.65. The Kier molecular flexibility index (Phi) is 5.18. The molecule has 2 heterocycles. The molecule has 1 aliphatic carbocycles. The number of rotatable bonds is 5. The van der Waals surface area contributed by atoms with Crippen LogP contribution < -0.4 is 9.62 Å². The number of anilines is 2. The van der Waals surface area contributed by atoms with Crippen molar-refractivity contribution in [1.29, 1.82) is 0 Å². The summed E-state index contributed by atoms with van der Waals surface area (Å²) in [5.41, 5.74) is 1.49. The van der Waals surface area contributed by atoms with Crippen LogP contribution in [0.1, 0.15) is 25.7 Å². The van der Waals surface area contributed by atoms with E-state index >= 15 is 0 Å². The average molecular weight is 416 g/mol. The molecule has 1 aromatic carbocycles. The van der Waals surface area contributed by atoms with Crippen LogP contribution in [0.4, 0.5) is 11.6 Å². The van der Waals surface area contributed by atoms with Gasteiger partial charge in [0, 0.05) is 30.9 Å². The summed E-state index contributed by atoms with van der Waals surface area (Å²) >= 11 is 0. The van der Waals surface area contributed by atoms with E-state index in [1.54, 1.807) is 19.3 Å². The molecule has 2 aromatic heterocycles. The molecule has 0 atom stereocenters. The van der Waals surface area contributed by atoms with Crippen LogP contribution in [-0.2, 0) is 10.0 Å². The lowest BCUT2D eigenvalue weighted by molar-refractivity contribution is 0.126. The molecule has 0 unspecified atom stereocenters. The second-order valence-electron chi connectivity index (χ2n) is 7.51. The Morgan fingerprint density at radius 1 is 1.17 bits per heavy atom. The minimum absolute atomic E-state index is 0.203. The highest BCUT2D eigenvalue weighted by molar-refractivity contribution is 7.92. The molecule has 1 fully saturated rings. The van der Waals surface area contributed by atoms with Gasteiger partial charge in [0.15, 0.2) is 0 Å². The van der Waals surface area contributed by atoms with Gasteiger partial charge in [-0.25, -0.2) is 13.4 Å². The van der Waals surface area contributed by atoms with E-state index in [0.29, 0.717) is 17.5 Å². The maximum absolute atomic E-state index is 12.0. The second kappa shape index (κ2) is 7.64. The fourth-order valence-electron chi connectivity index (χ4n) is 3.76. The monoisotopic (exact) mass is 415 g/mol. The molecular formula is C20H25N5O3S. The number of nitrogens with one attached hydrogen (secondary N) is 1. The van der Waals surface area contributed by atoms with Crippen molar-refractivity contribution in [2.24, 2.45) is 0 Å². The molecule has 4 rings (SSSR count). The van der Waals surface area contributed by atoms with Gasteiger partial charge < -0.3 is 15.0 Å². The van der Waals surface area contributed by atoms with E-state index in [1.165, 1.54) is 10.6 Å². The highest BCUT2D eigenvalue weighted by Gasteiger charge is 2.20. The number of aliphatic hydroxyl groups excluding tert-OH is 1. The molecule has 0 amide bonds. The first kappa shape index (κ1) is 19.7. The lowest BCUT2D eigenvalue weighted by atomic mass is 9.93. The molecular weight excluding hydrogens is 390 g/mol. The number of aliphatic hydroxyl groups is 1. The average Bonchev–Trinajstić information content (AvgIpc) is 3.13. The Hall–Kier alpha value is -2.65. The van der Waals surface area contributed by atoms with Crippen LogP contribution in [0.3, 0.4) is 0 Å². The van der Waals surface area contributed by atoms with Crippen molar-refractivity contribution in [3.05, 3.63) is 42.7 Å². The zero-order valence-corrected chi connectivity index (χ0v) is 17.3. The number of nitrogens with zero attached hydrogens (tertiary/aromatic N) is 4. The summed E-state index contributed by atoms with van der Waals surface area (Å²) in [5, 5.41) is 13.9. The summed E-state index contributed by atoms with van der Waals surface area (Å²) < 4.78 is 27.2. The highest BCUT2D eigenvalue weighted by atomic mass is 32.2. The maximum Gasteiger partial charge on any atom is 0.232 e. The predicted molar refractivity (Wildman–Crippen MR) is 114 cm³/mol. The summed E-state index contributed by atoms with van der Waals surface area (Å²) in [6.07, 6.45) is 7.94. The predicted octanol–water partition coefficient (Wildman–Crippen LogP) is 2.53. The molecule has 1 aliphatic rings. The Bertz CT molecular complexity index is 1120. The van der Waals surface area contributed by atoms with Gasteiger partial charge in [-0.1, -0.05) is 6.07 Å². The molecule has 8 nitrogen and oxygen atoms in total. The van der Waals surface area contributed by atoms with Gasteiger partial charge in [0.25, 0.3) is 0 Å². The first-order valence-corrected chi connectivity index (χ1v) is 11.5. The summed E-state index contributed by atoms with van der Waals surface area (Å²) in [6.45, 7) is 0. The SMILES string of the molecule is CN(c1cccc2c1ccn2-c1ccnc(N[C@H]2CC[C@H](O)CC2)n1)S(C)(=O)=O. The van der Waals surface area contributed by atoms with E-state index in [-0.39, 0.29) is 12.1 Å². The molecule has 1 saturated carbocycles. The number of fused-ring (bicyclic) bond motifs is 1. The number of aromatic nitrogens is 3. The van der Waals surface area contributed by atoms with Crippen LogP contribution in [0.15, 0.2) is 42.7 Å². The van der Waals surface area contributed by atoms with Gasteiger partial charge in [0.05, 0.1) is 23.6 Å². The van der Waals surface area contributed by atoms with Crippen LogP contribution in [-0.4, -0.2) is 53.5 Å². The molecule has 0 aliphatic heterocycles. The molecule has 154 valence electrons. The van der Waals surface area contributed by atoms with Gasteiger partial charge in [-0.15, -0.1) is 0 Å². The van der Waals surface area contributed by atoms with E-state index in [1.807, 2.05) is 35.0 Å². The highest BCUT2D eigenvalue weighted by Crippen LogP contribution is 2.30. The molecule has 29 heavy (non-hydrogen) atoms. The zero-order valence-electron chi connectivity index (χ0n) is 16.5. The van der Waals surface area contributed by atoms with E-state index in [4.69, 9.17) is 0 Å². The van der Waals surface area contributed by atoms with E-state index in [9.17, 15) is 13.5 Å². The fourth-order valence-corrected chi connectivity index (χ4v) is 4.28. The first-order chi connectivity index (χ1) is 13.8. The molecule has 0 saturated heterocycles. The minimum atomic E-state index is -3.36. The zero-order chi connectivity index (χ0) is 20.6. The quantitative estimate of drug-likeness (QED) is 0.664. The molecule has 3 aromatic rings. The lowest BCUT2D eigenvalue weighted by Crippen LogP contribution is -2.29. The van der Waals surface area contributed by atoms with Crippen molar-refractivity contribution in [1.82, 2.24) is 14.5 Å². The fraction of sp³-hybridized carbons (Fsp3) is 0.400. The van der Waals surface area contributed by atoms with E-state index < -0.39 is 10.0 Å². The second-order valence-corrected chi connectivity index (χ2v) is 9.53. The summed E-state index contributed by atoms with van der Waals surface area (Å²) in [4.78, 5) is 8.98. The lowest BCUT2D eigenvalue weighted by Gasteiger charge is -2.26. The Labute approximate surface area is 170 Å². The molecule has 0 radical (unpaired) electrons. The van der Waals surface area contributed by atoms with Crippen LogP contribution in [0.25, 0.3) is 16.7 Å². The maximum atomic E-state index is 12.0. The number of benzene rings is 1. The van der Waals surface area contributed by atoms with E-state index in [2.05, 4.69) is 15.3 Å². The van der Waals surface area contributed by atoms with Crippen molar-refractivity contribution in [3.8, 4) is 5.82 Å². The topological polar surface area (TPSA) is 100 Å². The number of sulfonamides is 1. The van der Waals surface area contributed by atoms with Gasteiger partial charge >= 0.3 is 0 Å². The number of hydrogen-bond donors (Lipinski definition) is 2. The van der Waals surface area contributed by atoms with Crippen molar-refractivity contribution in [2.75, 3.05) is 22.9 Å². The Balaban J connectivity index is 1.65. The summed E-state index contributed by atoms with van der Waals surface area (Å²) in [5.74, 6) is 1.25.